The van der Waals surface area contributed by atoms with Gasteiger partial charge in [0.1, 0.15) is 46.8 Å². The summed E-state index contributed by atoms with van der Waals surface area (Å²) < 4.78 is 45.4. The molecule has 0 radical (unpaired) electrons. The lowest BCUT2D eigenvalue weighted by Crippen LogP contribution is -2.35. The molecule has 1 fully saturated rings. The number of hydrogen-bond donors (Lipinski definition) is 1. The largest absolute Gasteiger partial charge is 0.497 e. The number of hydrogen-bond acceptors (Lipinski definition) is 11. The third kappa shape index (κ3) is 9.59. The van der Waals surface area contributed by atoms with Gasteiger partial charge in [0.15, 0.2) is 17.0 Å². The van der Waals surface area contributed by atoms with Gasteiger partial charge in [-0.05, 0) is 106 Å². The summed E-state index contributed by atoms with van der Waals surface area (Å²) in [5.74, 6) is 3.70. The monoisotopic (exact) mass is 959 g/mol. The number of anilines is 1. The Balaban J connectivity index is 0.856. The number of imidazole rings is 1. The van der Waals surface area contributed by atoms with Crippen molar-refractivity contribution in [1.82, 2.24) is 19.5 Å². The highest BCUT2D eigenvalue weighted by Gasteiger charge is 2.41. The Hall–Kier alpha value is -8.03. The number of nitrogens with zero attached hydrogens (tertiary/aromatic N) is 4. The fourth-order valence-electron chi connectivity index (χ4n) is 9.78. The van der Waals surface area contributed by atoms with Crippen molar-refractivity contribution in [3.63, 3.8) is 0 Å². The van der Waals surface area contributed by atoms with Crippen molar-refractivity contribution in [3.8, 4) is 23.0 Å². The molecule has 1 aliphatic rings. The van der Waals surface area contributed by atoms with Gasteiger partial charge >= 0.3 is 0 Å². The Morgan fingerprint density at radius 2 is 0.986 bits per heavy atom. The normalized spacial score (nSPS) is 14.8. The zero-order chi connectivity index (χ0) is 49.3. The zero-order valence-electron chi connectivity index (χ0n) is 40.8. The Morgan fingerprint density at radius 3 is 1.49 bits per heavy atom. The molecule has 12 nitrogen and oxygen atoms in total. The smallest absolute Gasteiger partial charge is 0.167 e. The van der Waals surface area contributed by atoms with E-state index >= 15 is 0 Å². The molecule has 0 spiro atoms. The highest BCUT2D eigenvalue weighted by Crippen LogP contribution is 2.44. The Morgan fingerprint density at radius 1 is 0.514 bits per heavy atom. The van der Waals surface area contributed by atoms with Crippen molar-refractivity contribution in [3.05, 3.63) is 239 Å². The van der Waals surface area contributed by atoms with Crippen molar-refractivity contribution < 1.29 is 33.2 Å². The predicted octanol–water partition coefficient (Wildman–Crippen LogP) is 11.7. The number of aromatic nitrogens is 4. The van der Waals surface area contributed by atoms with Gasteiger partial charge in [-0.1, -0.05) is 133 Å². The molecule has 10 rings (SSSR count). The lowest BCUT2D eigenvalue weighted by molar-refractivity contribution is -0.0756. The van der Waals surface area contributed by atoms with Crippen LogP contribution in [-0.4, -0.2) is 60.7 Å². The summed E-state index contributed by atoms with van der Waals surface area (Å²) in [5, 5.41) is 3.55. The van der Waals surface area contributed by atoms with Gasteiger partial charge in [-0.3, -0.25) is 4.57 Å². The van der Waals surface area contributed by atoms with Gasteiger partial charge in [0, 0.05) is 6.54 Å². The molecule has 0 bridgehead atoms. The summed E-state index contributed by atoms with van der Waals surface area (Å²) in [6.45, 7) is 1.16. The van der Waals surface area contributed by atoms with E-state index in [1.807, 2.05) is 89.5 Å². The van der Waals surface area contributed by atoms with Crippen LogP contribution in [0.25, 0.3) is 11.2 Å². The second-order valence-electron chi connectivity index (χ2n) is 17.6. The molecule has 7 aromatic carbocycles. The molecule has 0 amide bonds. The van der Waals surface area contributed by atoms with Crippen molar-refractivity contribution >= 4 is 17.0 Å². The summed E-state index contributed by atoms with van der Waals surface area (Å²) >= 11 is 0. The van der Waals surface area contributed by atoms with Crippen LogP contribution in [0.1, 0.15) is 63.6 Å². The zero-order valence-corrected chi connectivity index (χ0v) is 40.8. The molecule has 3 heterocycles. The summed E-state index contributed by atoms with van der Waals surface area (Å²) in [5.41, 5.74) is 7.37. The number of benzene rings is 7. The molecule has 0 saturated carbocycles. The molecule has 9 aromatic rings. The molecular weight excluding hydrogens is 903 g/mol. The second-order valence-corrected chi connectivity index (χ2v) is 17.6. The van der Waals surface area contributed by atoms with E-state index in [2.05, 4.69) is 107 Å². The molecule has 2 atom stereocenters. The molecule has 0 aliphatic carbocycles. The topological polar surface area (TPSA) is 120 Å². The van der Waals surface area contributed by atoms with Crippen LogP contribution in [0.4, 0.5) is 5.82 Å². The van der Waals surface area contributed by atoms with Gasteiger partial charge in [0.2, 0.25) is 0 Å². The molecular formula is C60H57N5O7. The van der Waals surface area contributed by atoms with Crippen LogP contribution < -0.4 is 24.3 Å². The molecule has 1 saturated heterocycles. The maximum absolute atomic E-state index is 7.20. The second kappa shape index (κ2) is 21.5. The molecule has 1 aliphatic heterocycles. The summed E-state index contributed by atoms with van der Waals surface area (Å²) in [6, 6.07) is 61.3. The van der Waals surface area contributed by atoms with Crippen LogP contribution in [0.3, 0.4) is 0 Å². The van der Waals surface area contributed by atoms with E-state index in [-0.39, 0.29) is 12.3 Å². The number of ether oxygens (including phenoxy) is 7. The van der Waals surface area contributed by atoms with Crippen LogP contribution in [0, 0.1) is 0 Å². The van der Waals surface area contributed by atoms with Gasteiger partial charge < -0.3 is 38.5 Å². The van der Waals surface area contributed by atoms with Gasteiger partial charge in [0.25, 0.3) is 0 Å². The minimum atomic E-state index is -0.954. The van der Waals surface area contributed by atoms with Crippen LogP contribution in [0.15, 0.2) is 195 Å². The van der Waals surface area contributed by atoms with E-state index in [1.54, 1.807) is 41.1 Å². The Bertz CT molecular complexity index is 3080. The predicted molar refractivity (Wildman–Crippen MR) is 278 cm³/mol. The van der Waals surface area contributed by atoms with Crippen LogP contribution in [0.5, 0.6) is 23.0 Å². The number of rotatable bonds is 20. The minimum absolute atomic E-state index is 0.201. The Kier molecular flexibility index (Phi) is 14.2. The first-order valence-corrected chi connectivity index (χ1v) is 24.1. The standard InChI is InChI=1S/C60H57N5O7/c1-66-50-26-18-46(19-27-50)59(44-14-7-5-8-15-44,47-20-28-51(67-2)29-21-47)70-38-43-13-11-12-42(36-43)37-61-57-56-58(63-40-62-57)65(41-64-56)55-35-34-54(72-55)39-71-60(45-16-9-6-10-17-45,48-22-30-52(68-3)31-23-48)49-24-32-53(69-4)33-25-49/h5-33,36,40-41,54-55H,34-35,37-39H2,1-4H3,(H,61,62,63)/t54-,55-/m1/s1. The molecule has 0 unspecified atom stereocenters. The van der Waals surface area contributed by atoms with Gasteiger partial charge in [-0.25, -0.2) is 15.0 Å². The Labute approximate surface area is 420 Å². The quantitative estimate of drug-likeness (QED) is 0.0735. The SMILES string of the molecule is COc1ccc(C(OCc2cccc(CNc3ncnc4c3ncn4[C@H]3CC[C@H](COC(c4ccccc4)(c4ccc(OC)cc4)c4ccc(OC)cc4)O3)c2)(c2ccccc2)c2ccc(OC)cc2)cc1. The first-order chi connectivity index (χ1) is 35.4. The van der Waals surface area contributed by atoms with Crippen molar-refractivity contribution in [1.29, 1.82) is 0 Å². The first kappa shape index (κ1) is 47.6. The van der Waals surface area contributed by atoms with Crippen molar-refractivity contribution in [2.75, 3.05) is 40.4 Å². The van der Waals surface area contributed by atoms with Gasteiger partial charge in [-0.15, -0.1) is 0 Å². The lowest BCUT2D eigenvalue weighted by atomic mass is 9.80. The van der Waals surface area contributed by atoms with Gasteiger partial charge in [-0.2, -0.15) is 0 Å². The van der Waals surface area contributed by atoms with Crippen molar-refractivity contribution in [2.24, 2.45) is 0 Å². The van der Waals surface area contributed by atoms with E-state index in [1.165, 1.54) is 0 Å². The van der Waals surface area contributed by atoms with E-state index < -0.39 is 11.2 Å². The highest BCUT2D eigenvalue weighted by atomic mass is 16.6. The van der Waals surface area contributed by atoms with Crippen LogP contribution in [-0.2, 0) is 38.6 Å². The van der Waals surface area contributed by atoms with E-state index in [0.29, 0.717) is 36.7 Å². The number of methoxy groups -OCH3 is 4. The van der Waals surface area contributed by atoms with E-state index in [9.17, 15) is 0 Å². The fraction of sp³-hybridized carbons (Fsp3) is 0.217. The summed E-state index contributed by atoms with van der Waals surface area (Å²) in [7, 11) is 6.69. The maximum Gasteiger partial charge on any atom is 0.167 e. The molecule has 72 heavy (non-hydrogen) atoms. The summed E-state index contributed by atoms with van der Waals surface area (Å²) in [4.78, 5) is 14.2. The third-order valence-electron chi connectivity index (χ3n) is 13.5. The van der Waals surface area contributed by atoms with E-state index in [0.717, 1.165) is 80.3 Å². The molecule has 1 N–H and O–H groups in total. The third-order valence-corrected chi connectivity index (χ3v) is 13.5. The fourth-order valence-corrected chi connectivity index (χ4v) is 9.78. The molecule has 2 aromatic heterocycles. The van der Waals surface area contributed by atoms with Crippen molar-refractivity contribution in [2.45, 2.75) is 49.5 Å². The average Bonchev–Trinajstić information content (AvgIpc) is 4.12. The van der Waals surface area contributed by atoms with Crippen LogP contribution >= 0.6 is 0 Å². The lowest BCUT2D eigenvalue weighted by Gasteiger charge is -2.37. The molecule has 12 heteroatoms. The minimum Gasteiger partial charge on any atom is -0.497 e. The van der Waals surface area contributed by atoms with Gasteiger partial charge in [0.05, 0.1) is 54.1 Å². The number of fused-ring (bicyclic) bond motifs is 1. The average molecular weight is 960 g/mol. The van der Waals surface area contributed by atoms with Crippen LogP contribution in [0.2, 0.25) is 0 Å². The summed E-state index contributed by atoms with van der Waals surface area (Å²) in [6.07, 6.45) is 4.41. The first-order valence-electron chi connectivity index (χ1n) is 24.1. The number of nitrogens with one attached hydrogen (secondary N) is 1. The molecule has 364 valence electrons. The highest BCUT2D eigenvalue weighted by molar-refractivity contribution is 5.82. The maximum atomic E-state index is 7.20. The van der Waals surface area contributed by atoms with E-state index in [4.69, 9.17) is 43.1 Å².